The van der Waals surface area contributed by atoms with Gasteiger partial charge in [-0.3, -0.25) is 15.0 Å². The summed E-state index contributed by atoms with van der Waals surface area (Å²) in [6.07, 6.45) is 3.50. The molecule has 0 aromatic heterocycles. The maximum atomic E-state index is 13.8. The lowest BCUT2D eigenvalue weighted by Crippen LogP contribution is -2.47. The Labute approximate surface area is 305 Å². The number of fused-ring (bicyclic) bond motifs is 1. The number of amides is 2. The second-order valence-electron chi connectivity index (χ2n) is 13.9. The number of sulfonamides is 1. The molecule has 0 saturated heterocycles. The van der Waals surface area contributed by atoms with E-state index >= 15 is 0 Å². The van der Waals surface area contributed by atoms with Crippen LogP contribution in [-0.2, 0) is 30.8 Å². The highest BCUT2D eigenvalue weighted by atomic mass is 32.2. The molecule has 5 N–H and O–H groups in total. The van der Waals surface area contributed by atoms with Crippen LogP contribution in [0.3, 0.4) is 0 Å². The highest BCUT2D eigenvalue weighted by Crippen LogP contribution is 2.42. The summed E-state index contributed by atoms with van der Waals surface area (Å²) in [6.45, 7) is 9.74. The monoisotopic (exact) mass is 729 g/mol. The van der Waals surface area contributed by atoms with Gasteiger partial charge in [0.15, 0.2) is 0 Å². The summed E-state index contributed by atoms with van der Waals surface area (Å²) in [6, 6.07) is 17.3. The molecule has 52 heavy (non-hydrogen) atoms. The van der Waals surface area contributed by atoms with Crippen LogP contribution in [-0.4, -0.2) is 66.9 Å². The highest BCUT2D eigenvalue weighted by molar-refractivity contribution is 7.90. The van der Waals surface area contributed by atoms with Gasteiger partial charge in [0, 0.05) is 13.1 Å². The number of ether oxygens (including phenoxy) is 1. The molecule has 2 aliphatic heterocycles. The van der Waals surface area contributed by atoms with Gasteiger partial charge in [-0.1, -0.05) is 66.7 Å². The van der Waals surface area contributed by atoms with Crippen LogP contribution in [0.5, 0.6) is 5.75 Å². The standard InChI is InChI=1S/C39H47N5O7S/c1-24-25(2)34(26(3)29-20-21-39(4,5)51-33(24)29)52(49,50)43-38(40)41-22-12-19-31(37(47)48)42-35(45)30-18-13-23-44(36(30)46)32(27-14-8-6-9-15-27)28-16-10-7-11-17-28/h6-11,14-18,31-32H,12-13,19-23H2,1-5H3,(H,42,45)(H,47,48)(H3,40,41,43)/t31-/m0/s1. The van der Waals surface area contributed by atoms with Gasteiger partial charge in [0.1, 0.15) is 23.0 Å². The molecule has 5 rings (SSSR count). The van der Waals surface area contributed by atoms with Crippen molar-refractivity contribution in [3.05, 3.63) is 106 Å². The van der Waals surface area contributed by atoms with Crippen molar-refractivity contribution in [1.82, 2.24) is 20.3 Å². The SMILES string of the molecule is Cc1c(C)c(S(=O)(=O)NC(=N)NCCC[C@H](NC(=O)C2=CCCN(C(c3ccccc3)c3ccccc3)C2=O)C(=O)O)c(C)c2c1OC(C)(C)CC2. The molecule has 0 unspecified atom stereocenters. The molecule has 3 aromatic carbocycles. The Morgan fingerprint density at radius 3 is 2.19 bits per heavy atom. The summed E-state index contributed by atoms with van der Waals surface area (Å²) in [4.78, 5) is 41.0. The van der Waals surface area contributed by atoms with Crippen LogP contribution >= 0.6 is 0 Å². The molecule has 1 atom stereocenters. The molecule has 0 fully saturated rings. The largest absolute Gasteiger partial charge is 0.487 e. The van der Waals surface area contributed by atoms with E-state index in [9.17, 15) is 27.9 Å². The maximum Gasteiger partial charge on any atom is 0.326 e. The fourth-order valence-electron chi connectivity index (χ4n) is 6.94. The van der Waals surface area contributed by atoms with E-state index in [0.29, 0.717) is 36.3 Å². The summed E-state index contributed by atoms with van der Waals surface area (Å²) in [5.74, 6) is -2.31. The second kappa shape index (κ2) is 15.6. The Bertz CT molecular complexity index is 1960. The quantitative estimate of drug-likeness (QED) is 0.0763. The molecule has 276 valence electrons. The molecular weight excluding hydrogens is 683 g/mol. The van der Waals surface area contributed by atoms with Crippen LogP contribution in [0.15, 0.2) is 77.2 Å². The minimum absolute atomic E-state index is 0.0332. The third kappa shape index (κ3) is 8.31. The van der Waals surface area contributed by atoms with Gasteiger partial charge in [-0.2, -0.15) is 0 Å². The minimum atomic E-state index is -4.14. The average molecular weight is 730 g/mol. The van der Waals surface area contributed by atoms with Crippen molar-refractivity contribution in [3.8, 4) is 5.75 Å². The van der Waals surface area contributed by atoms with E-state index in [1.807, 2.05) is 81.4 Å². The molecule has 0 spiro atoms. The maximum absolute atomic E-state index is 13.8. The molecular formula is C39H47N5O7S. The fourth-order valence-corrected chi connectivity index (χ4v) is 8.46. The van der Waals surface area contributed by atoms with E-state index in [0.717, 1.165) is 28.7 Å². The van der Waals surface area contributed by atoms with Crippen molar-refractivity contribution in [2.45, 2.75) is 89.3 Å². The van der Waals surface area contributed by atoms with Gasteiger partial charge in [-0.05, 0) is 100 Å². The number of carbonyl (C=O) groups is 3. The van der Waals surface area contributed by atoms with Crippen LogP contribution in [0.4, 0.5) is 0 Å². The Morgan fingerprint density at radius 2 is 1.60 bits per heavy atom. The van der Waals surface area contributed by atoms with Crippen LogP contribution in [0, 0.1) is 26.2 Å². The smallest absolute Gasteiger partial charge is 0.326 e. The van der Waals surface area contributed by atoms with Crippen LogP contribution in [0.1, 0.15) is 79.0 Å². The van der Waals surface area contributed by atoms with E-state index in [4.69, 9.17) is 10.1 Å². The van der Waals surface area contributed by atoms with E-state index < -0.39 is 45.9 Å². The zero-order valence-electron chi connectivity index (χ0n) is 30.2. The van der Waals surface area contributed by atoms with Gasteiger partial charge in [-0.25, -0.2) is 17.9 Å². The first-order chi connectivity index (χ1) is 24.6. The number of carboxylic acids is 1. The summed E-state index contributed by atoms with van der Waals surface area (Å²) in [5.41, 5.74) is 3.99. The zero-order valence-corrected chi connectivity index (χ0v) is 31.0. The average Bonchev–Trinajstić information content (AvgIpc) is 3.09. The number of carboxylic acid groups (broad SMARTS) is 1. The van der Waals surface area contributed by atoms with Crippen molar-refractivity contribution in [1.29, 1.82) is 5.41 Å². The first-order valence-electron chi connectivity index (χ1n) is 17.4. The summed E-state index contributed by atoms with van der Waals surface area (Å²) < 4.78 is 35.5. The number of hydrogen-bond acceptors (Lipinski definition) is 7. The van der Waals surface area contributed by atoms with Gasteiger partial charge in [0.2, 0.25) is 5.96 Å². The number of hydrogen-bond donors (Lipinski definition) is 5. The summed E-state index contributed by atoms with van der Waals surface area (Å²) >= 11 is 0. The van der Waals surface area contributed by atoms with Gasteiger partial charge in [0.05, 0.1) is 10.9 Å². The molecule has 0 bridgehead atoms. The molecule has 3 aromatic rings. The molecule has 0 radical (unpaired) electrons. The third-order valence-electron chi connectivity index (χ3n) is 9.74. The molecule has 0 saturated carbocycles. The normalized spacial score (nSPS) is 15.9. The number of aliphatic carboxylic acids is 1. The number of nitrogens with zero attached hydrogens (tertiary/aromatic N) is 1. The van der Waals surface area contributed by atoms with E-state index in [2.05, 4.69) is 15.4 Å². The Hall–Kier alpha value is -5.17. The predicted molar refractivity (Wildman–Crippen MR) is 198 cm³/mol. The number of benzene rings is 3. The number of nitrogens with one attached hydrogen (secondary N) is 4. The lowest BCUT2D eigenvalue weighted by atomic mass is 9.88. The van der Waals surface area contributed by atoms with Gasteiger partial charge in [0.25, 0.3) is 21.8 Å². The lowest BCUT2D eigenvalue weighted by molar-refractivity contribution is -0.142. The number of rotatable bonds is 12. The Morgan fingerprint density at radius 1 is 0.981 bits per heavy atom. The topological polar surface area (TPSA) is 178 Å². The second-order valence-corrected chi connectivity index (χ2v) is 15.5. The zero-order chi connectivity index (χ0) is 37.8. The molecule has 2 aliphatic rings. The van der Waals surface area contributed by atoms with Gasteiger partial charge >= 0.3 is 5.97 Å². The molecule has 0 aliphatic carbocycles. The number of carbonyl (C=O) groups excluding carboxylic acids is 2. The van der Waals surface area contributed by atoms with Crippen molar-refractivity contribution in [3.63, 3.8) is 0 Å². The lowest BCUT2D eigenvalue weighted by Gasteiger charge is -2.35. The van der Waals surface area contributed by atoms with E-state index in [-0.39, 0.29) is 35.5 Å². The van der Waals surface area contributed by atoms with E-state index in [1.165, 1.54) is 6.08 Å². The van der Waals surface area contributed by atoms with Crippen molar-refractivity contribution in [2.24, 2.45) is 0 Å². The van der Waals surface area contributed by atoms with Gasteiger partial charge in [-0.15, -0.1) is 0 Å². The fraction of sp³-hybridized carbons (Fsp3) is 0.385. The number of guanidine groups is 1. The Balaban J connectivity index is 1.19. The highest BCUT2D eigenvalue weighted by Gasteiger charge is 2.36. The molecule has 2 amide bonds. The summed E-state index contributed by atoms with van der Waals surface area (Å²) in [5, 5.41) is 23.4. The first-order valence-corrected chi connectivity index (χ1v) is 18.9. The van der Waals surface area contributed by atoms with E-state index in [1.54, 1.807) is 18.7 Å². The van der Waals surface area contributed by atoms with Crippen molar-refractivity contribution < 1.29 is 32.6 Å². The van der Waals surface area contributed by atoms with Gasteiger partial charge < -0.3 is 25.4 Å². The molecule has 13 heteroatoms. The first kappa shape index (κ1) is 38.1. The van der Waals surface area contributed by atoms with Crippen molar-refractivity contribution in [2.75, 3.05) is 13.1 Å². The van der Waals surface area contributed by atoms with Crippen LogP contribution < -0.4 is 20.1 Å². The Kier molecular flexibility index (Phi) is 11.4. The molecule has 2 heterocycles. The minimum Gasteiger partial charge on any atom is -0.487 e. The van der Waals surface area contributed by atoms with Crippen LogP contribution in [0.25, 0.3) is 0 Å². The summed E-state index contributed by atoms with van der Waals surface area (Å²) in [7, 11) is -4.14. The molecule has 12 nitrogen and oxygen atoms in total. The van der Waals surface area contributed by atoms with Crippen LogP contribution in [0.2, 0.25) is 0 Å². The third-order valence-corrected chi connectivity index (χ3v) is 11.4. The van der Waals surface area contributed by atoms with Crippen molar-refractivity contribution >= 4 is 33.8 Å². The predicted octanol–water partition coefficient (Wildman–Crippen LogP) is 4.82.